The fourth-order valence-corrected chi connectivity index (χ4v) is 2.20. The van der Waals surface area contributed by atoms with Crippen molar-refractivity contribution < 1.29 is 14.3 Å². The molecule has 1 unspecified atom stereocenters. The Hall–Kier alpha value is -2.09. The Labute approximate surface area is 123 Å². The van der Waals surface area contributed by atoms with Gasteiger partial charge in [-0.05, 0) is 6.92 Å². The van der Waals surface area contributed by atoms with Crippen LogP contribution in [0, 0.1) is 0 Å². The molecule has 21 heavy (non-hydrogen) atoms. The van der Waals surface area contributed by atoms with Crippen molar-refractivity contribution in [1.29, 1.82) is 0 Å². The van der Waals surface area contributed by atoms with E-state index in [1.54, 1.807) is 6.07 Å². The van der Waals surface area contributed by atoms with Crippen molar-refractivity contribution >= 4 is 11.9 Å². The number of rotatable bonds is 5. The van der Waals surface area contributed by atoms with Crippen LogP contribution >= 0.6 is 0 Å². The average molecular weight is 295 g/mol. The summed E-state index contributed by atoms with van der Waals surface area (Å²) >= 11 is 0. The second kappa shape index (κ2) is 7.07. The molecule has 1 atom stereocenters. The minimum atomic E-state index is -0.351. The molecule has 1 aromatic heterocycles. The molecule has 1 amide bonds. The number of hydrogen-bond acceptors (Lipinski definition) is 7. The van der Waals surface area contributed by atoms with E-state index in [0.29, 0.717) is 37.3 Å². The van der Waals surface area contributed by atoms with E-state index < -0.39 is 0 Å². The van der Waals surface area contributed by atoms with E-state index in [1.807, 2.05) is 11.8 Å². The van der Waals surface area contributed by atoms with Crippen LogP contribution in [0.3, 0.4) is 0 Å². The number of aromatic nitrogens is 2. The molecule has 116 valence electrons. The number of nitrogens with one attached hydrogen (secondary N) is 2. The summed E-state index contributed by atoms with van der Waals surface area (Å²) in [5.74, 6) is 1.20. The predicted octanol–water partition coefficient (Wildman–Crippen LogP) is -0.592. The number of carbonyl (C=O) groups is 1. The number of likely N-dealkylation sites (N-methyl/N-ethyl adjacent to an activating group) is 1. The van der Waals surface area contributed by atoms with Crippen molar-refractivity contribution in [3.8, 4) is 11.8 Å². The third-order valence-electron chi connectivity index (χ3n) is 3.24. The van der Waals surface area contributed by atoms with Gasteiger partial charge in [0.1, 0.15) is 6.04 Å². The lowest BCUT2D eigenvalue weighted by Gasteiger charge is -2.35. The predicted molar refractivity (Wildman–Crippen MR) is 77.8 cm³/mol. The molecule has 0 saturated carbocycles. The van der Waals surface area contributed by atoms with E-state index in [2.05, 4.69) is 20.6 Å². The molecule has 1 aliphatic heterocycles. The highest BCUT2D eigenvalue weighted by molar-refractivity contribution is 5.85. The van der Waals surface area contributed by atoms with Gasteiger partial charge in [0.2, 0.25) is 23.6 Å². The second-order valence-electron chi connectivity index (χ2n) is 4.56. The summed E-state index contributed by atoms with van der Waals surface area (Å²) in [5.41, 5.74) is 0. The molecular weight excluding hydrogens is 274 g/mol. The highest BCUT2D eigenvalue weighted by Crippen LogP contribution is 2.22. The molecule has 1 fully saturated rings. The van der Waals surface area contributed by atoms with Gasteiger partial charge < -0.3 is 25.0 Å². The lowest BCUT2D eigenvalue weighted by atomic mass is 10.2. The number of piperazine rings is 1. The number of ether oxygens (including phenoxy) is 2. The smallest absolute Gasteiger partial charge is 0.244 e. The minimum Gasteiger partial charge on any atom is -0.481 e. The molecule has 0 radical (unpaired) electrons. The first kappa shape index (κ1) is 15.3. The van der Waals surface area contributed by atoms with Gasteiger partial charge in [-0.2, -0.15) is 9.97 Å². The van der Waals surface area contributed by atoms with Gasteiger partial charge in [-0.3, -0.25) is 4.79 Å². The Morgan fingerprint density at radius 2 is 2.10 bits per heavy atom. The first-order valence-corrected chi connectivity index (χ1v) is 6.91. The molecule has 0 aromatic carbocycles. The van der Waals surface area contributed by atoms with Crippen LogP contribution in [0.25, 0.3) is 0 Å². The Balaban J connectivity index is 2.30. The highest BCUT2D eigenvalue weighted by Gasteiger charge is 2.30. The van der Waals surface area contributed by atoms with Crippen LogP contribution in [-0.2, 0) is 4.79 Å². The summed E-state index contributed by atoms with van der Waals surface area (Å²) < 4.78 is 10.3. The van der Waals surface area contributed by atoms with Crippen molar-refractivity contribution in [3.63, 3.8) is 0 Å². The van der Waals surface area contributed by atoms with Gasteiger partial charge in [-0.1, -0.05) is 0 Å². The van der Waals surface area contributed by atoms with Gasteiger partial charge in [0.05, 0.1) is 20.3 Å². The van der Waals surface area contributed by atoms with Crippen molar-refractivity contribution in [2.45, 2.75) is 13.0 Å². The van der Waals surface area contributed by atoms with Crippen LogP contribution in [-0.4, -0.2) is 62.3 Å². The van der Waals surface area contributed by atoms with Gasteiger partial charge in [-0.15, -0.1) is 0 Å². The maximum Gasteiger partial charge on any atom is 0.244 e. The Bertz CT molecular complexity index is 474. The zero-order valence-corrected chi connectivity index (χ0v) is 12.5. The summed E-state index contributed by atoms with van der Waals surface area (Å²) in [7, 11) is 3.06. The fourth-order valence-electron chi connectivity index (χ4n) is 2.20. The number of methoxy groups -OCH3 is 2. The topological polar surface area (TPSA) is 88.6 Å². The third-order valence-corrected chi connectivity index (χ3v) is 3.24. The normalized spacial score (nSPS) is 18.2. The average Bonchev–Trinajstić information content (AvgIpc) is 2.54. The van der Waals surface area contributed by atoms with Crippen LogP contribution in [0.2, 0.25) is 0 Å². The number of hydrogen-bond donors (Lipinski definition) is 2. The van der Waals surface area contributed by atoms with Crippen molar-refractivity contribution in [1.82, 2.24) is 20.6 Å². The molecule has 0 bridgehead atoms. The third kappa shape index (κ3) is 3.52. The zero-order chi connectivity index (χ0) is 15.2. The molecule has 0 spiro atoms. The number of amides is 1. The quantitative estimate of drug-likeness (QED) is 0.750. The van der Waals surface area contributed by atoms with Crippen LogP contribution < -0.4 is 25.0 Å². The molecular formula is C13H21N5O3. The van der Waals surface area contributed by atoms with Crippen molar-refractivity contribution in [2.24, 2.45) is 0 Å². The number of carbonyl (C=O) groups excluding carboxylic acids is 1. The van der Waals surface area contributed by atoms with Crippen LogP contribution in [0.1, 0.15) is 6.92 Å². The number of anilines is 1. The Kier molecular flexibility index (Phi) is 5.15. The maximum atomic E-state index is 12.2. The van der Waals surface area contributed by atoms with Gasteiger partial charge in [-0.25, -0.2) is 0 Å². The van der Waals surface area contributed by atoms with Crippen LogP contribution in [0.5, 0.6) is 11.8 Å². The van der Waals surface area contributed by atoms with Crippen molar-refractivity contribution in [3.05, 3.63) is 6.07 Å². The van der Waals surface area contributed by atoms with Gasteiger partial charge in [0.25, 0.3) is 0 Å². The standard InChI is InChI=1S/C13H21N5O3/c1-4-15-12(19)9-8-14-5-6-18(9)13-16-10(20-2)7-11(17-13)21-3/h7,9,14H,4-6,8H2,1-3H3,(H,15,19). The molecule has 2 rings (SSSR count). The van der Waals surface area contributed by atoms with E-state index in [0.717, 1.165) is 6.54 Å². The van der Waals surface area contributed by atoms with E-state index >= 15 is 0 Å². The van der Waals surface area contributed by atoms with Gasteiger partial charge in [0.15, 0.2) is 0 Å². The van der Waals surface area contributed by atoms with E-state index in [1.165, 1.54) is 14.2 Å². The molecule has 2 N–H and O–H groups in total. The molecule has 2 heterocycles. The summed E-state index contributed by atoms with van der Waals surface area (Å²) in [4.78, 5) is 22.7. The Morgan fingerprint density at radius 3 is 2.67 bits per heavy atom. The van der Waals surface area contributed by atoms with E-state index in [-0.39, 0.29) is 11.9 Å². The lowest BCUT2D eigenvalue weighted by Crippen LogP contribution is -2.58. The largest absolute Gasteiger partial charge is 0.481 e. The van der Waals surface area contributed by atoms with Crippen molar-refractivity contribution in [2.75, 3.05) is 45.3 Å². The van der Waals surface area contributed by atoms with E-state index in [9.17, 15) is 4.79 Å². The van der Waals surface area contributed by atoms with Crippen LogP contribution in [0.4, 0.5) is 5.95 Å². The van der Waals surface area contributed by atoms with Crippen LogP contribution in [0.15, 0.2) is 6.07 Å². The molecule has 1 aliphatic rings. The van der Waals surface area contributed by atoms with Gasteiger partial charge in [0, 0.05) is 26.2 Å². The molecule has 8 heteroatoms. The summed E-state index contributed by atoms with van der Waals surface area (Å²) in [6.07, 6.45) is 0. The van der Waals surface area contributed by atoms with E-state index in [4.69, 9.17) is 9.47 Å². The molecule has 0 aliphatic carbocycles. The Morgan fingerprint density at radius 1 is 1.43 bits per heavy atom. The maximum absolute atomic E-state index is 12.2. The molecule has 8 nitrogen and oxygen atoms in total. The zero-order valence-electron chi connectivity index (χ0n) is 12.5. The number of nitrogens with zero attached hydrogens (tertiary/aromatic N) is 3. The lowest BCUT2D eigenvalue weighted by molar-refractivity contribution is -0.122. The SMILES string of the molecule is CCNC(=O)C1CNCCN1c1nc(OC)cc(OC)n1. The summed E-state index contributed by atoms with van der Waals surface area (Å²) in [6.45, 7) is 4.43. The summed E-state index contributed by atoms with van der Waals surface area (Å²) in [6, 6.07) is 1.25. The monoisotopic (exact) mass is 295 g/mol. The minimum absolute atomic E-state index is 0.0462. The first-order chi connectivity index (χ1) is 10.2. The summed E-state index contributed by atoms with van der Waals surface area (Å²) in [5, 5.41) is 6.04. The second-order valence-corrected chi connectivity index (χ2v) is 4.56. The molecule has 1 saturated heterocycles. The fraction of sp³-hybridized carbons (Fsp3) is 0.615. The first-order valence-electron chi connectivity index (χ1n) is 6.91. The molecule has 1 aromatic rings. The van der Waals surface area contributed by atoms with Gasteiger partial charge >= 0.3 is 0 Å². The highest BCUT2D eigenvalue weighted by atomic mass is 16.5.